The van der Waals surface area contributed by atoms with Gasteiger partial charge in [-0.05, 0) is 31.4 Å². The summed E-state index contributed by atoms with van der Waals surface area (Å²) >= 11 is 0. The predicted molar refractivity (Wildman–Crippen MR) is 66.6 cm³/mol. The molecule has 3 rings (SSSR count). The van der Waals surface area contributed by atoms with E-state index in [2.05, 4.69) is 0 Å². The summed E-state index contributed by atoms with van der Waals surface area (Å²) in [5.41, 5.74) is 0.750. The van der Waals surface area contributed by atoms with Crippen LogP contribution in [0.1, 0.15) is 40.0 Å². The smallest absolute Gasteiger partial charge is 0.261 e. The van der Waals surface area contributed by atoms with Crippen LogP contribution in [0.15, 0.2) is 24.3 Å². The number of hydrogen-bond donors (Lipinski definition) is 2. The number of carbonyl (C=O) groups is 2. The second-order valence-electron chi connectivity index (χ2n) is 5.08. The van der Waals surface area contributed by atoms with E-state index in [-0.39, 0.29) is 11.8 Å². The van der Waals surface area contributed by atoms with Gasteiger partial charge in [0.15, 0.2) is 0 Å². The summed E-state index contributed by atoms with van der Waals surface area (Å²) in [6.07, 6.45) is -0.208. The highest BCUT2D eigenvalue weighted by atomic mass is 16.3. The van der Waals surface area contributed by atoms with Gasteiger partial charge in [-0.3, -0.25) is 14.5 Å². The molecule has 1 heterocycles. The molecule has 1 fully saturated rings. The molecular weight excluding hydrogens is 246 g/mol. The second-order valence-corrected chi connectivity index (χ2v) is 5.08. The molecule has 1 aromatic rings. The molecule has 2 aliphatic rings. The van der Waals surface area contributed by atoms with Crippen LogP contribution in [0.4, 0.5) is 0 Å². The molecule has 0 saturated heterocycles. The zero-order valence-electron chi connectivity index (χ0n) is 10.3. The summed E-state index contributed by atoms with van der Waals surface area (Å²) in [5, 5.41) is 19.7. The molecule has 19 heavy (non-hydrogen) atoms. The Labute approximate surface area is 110 Å². The molecule has 1 saturated carbocycles. The Morgan fingerprint density at radius 1 is 1.00 bits per heavy atom. The van der Waals surface area contributed by atoms with Crippen molar-refractivity contribution >= 4 is 11.8 Å². The quantitative estimate of drug-likeness (QED) is 0.724. The molecule has 3 atom stereocenters. The third kappa shape index (κ3) is 1.77. The van der Waals surface area contributed by atoms with Gasteiger partial charge < -0.3 is 10.2 Å². The zero-order chi connectivity index (χ0) is 13.6. The van der Waals surface area contributed by atoms with E-state index in [1.54, 1.807) is 24.3 Å². The lowest BCUT2D eigenvalue weighted by molar-refractivity contribution is -0.0506. The highest BCUT2D eigenvalue weighted by Gasteiger charge is 2.44. The molecule has 0 spiro atoms. The van der Waals surface area contributed by atoms with Crippen LogP contribution in [0.5, 0.6) is 0 Å². The summed E-state index contributed by atoms with van der Waals surface area (Å²) in [6, 6.07) is 6.01. The maximum absolute atomic E-state index is 12.3. The number of nitrogens with zero attached hydrogens (tertiary/aromatic N) is 1. The number of rotatable bonds is 1. The van der Waals surface area contributed by atoms with E-state index in [0.29, 0.717) is 30.4 Å². The minimum Gasteiger partial charge on any atom is -0.390 e. The van der Waals surface area contributed by atoms with Crippen molar-refractivity contribution in [2.45, 2.75) is 37.5 Å². The summed E-state index contributed by atoms with van der Waals surface area (Å²) in [7, 11) is 0. The number of hydrogen-bond acceptors (Lipinski definition) is 4. The van der Waals surface area contributed by atoms with E-state index < -0.39 is 18.2 Å². The molecule has 2 N–H and O–H groups in total. The lowest BCUT2D eigenvalue weighted by Gasteiger charge is -2.36. The van der Waals surface area contributed by atoms with Crippen molar-refractivity contribution in [1.82, 2.24) is 4.90 Å². The number of aliphatic hydroxyl groups is 2. The van der Waals surface area contributed by atoms with E-state index in [9.17, 15) is 19.8 Å². The Morgan fingerprint density at radius 2 is 1.58 bits per heavy atom. The van der Waals surface area contributed by atoms with Crippen LogP contribution >= 0.6 is 0 Å². The molecule has 1 aromatic carbocycles. The van der Waals surface area contributed by atoms with Gasteiger partial charge in [0, 0.05) is 0 Å². The van der Waals surface area contributed by atoms with Crippen LogP contribution in [0, 0.1) is 0 Å². The highest BCUT2D eigenvalue weighted by molar-refractivity contribution is 6.21. The van der Waals surface area contributed by atoms with Crippen molar-refractivity contribution in [3.63, 3.8) is 0 Å². The molecule has 0 bridgehead atoms. The van der Waals surface area contributed by atoms with Gasteiger partial charge in [-0.1, -0.05) is 12.1 Å². The van der Waals surface area contributed by atoms with Crippen LogP contribution in [0.3, 0.4) is 0 Å². The molecule has 2 amide bonds. The molecular formula is C14H15NO4. The number of carbonyl (C=O) groups excluding carboxylic acids is 2. The third-order valence-electron chi connectivity index (χ3n) is 3.95. The number of amides is 2. The summed E-state index contributed by atoms with van der Waals surface area (Å²) in [6.45, 7) is 0. The molecule has 0 unspecified atom stereocenters. The number of fused-ring (bicyclic) bond motifs is 1. The van der Waals surface area contributed by atoms with Gasteiger partial charge in [0.1, 0.15) is 6.10 Å². The fourth-order valence-electron chi connectivity index (χ4n) is 2.92. The Morgan fingerprint density at radius 3 is 2.16 bits per heavy atom. The lowest BCUT2D eigenvalue weighted by atomic mass is 9.89. The molecule has 1 aliphatic carbocycles. The van der Waals surface area contributed by atoms with E-state index in [0.717, 1.165) is 4.90 Å². The van der Waals surface area contributed by atoms with Crippen molar-refractivity contribution in [3.8, 4) is 0 Å². The van der Waals surface area contributed by atoms with Crippen LogP contribution in [0.2, 0.25) is 0 Å². The minimum absolute atomic E-state index is 0.375. The maximum atomic E-state index is 12.3. The highest BCUT2D eigenvalue weighted by Crippen LogP contribution is 2.31. The largest absolute Gasteiger partial charge is 0.390 e. The molecule has 0 radical (unpaired) electrons. The Balaban J connectivity index is 1.95. The topological polar surface area (TPSA) is 77.8 Å². The van der Waals surface area contributed by atoms with Gasteiger partial charge in [-0.25, -0.2) is 0 Å². The molecule has 5 heteroatoms. The van der Waals surface area contributed by atoms with E-state index >= 15 is 0 Å². The SMILES string of the molecule is O=C1c2ccccc2C(=O)N1[C@H]1CCC[C@H](O)[C@@H]1O. The van der Waals surface area contributed by atoms with Gasteiger partial charge in [0.25, 0.3) is 11.8 Å². The van der Waals surface area contributed by atoms with E-state index in [1.807, 2.05) is 0 Å². The average molecular weight is 261 g/mol. The normalized spacial score (nSPS) is 30.6. The zero-order valence-corrected chi connectivity index (χ0v) is 10.3. The van der Waals surface area contributed by atoms with Crippen LogP contribution in [-0.2, 0) is 0 Å². The Hall–Kier alpha value is -1.72. The van der Waals surface area contributed by atoms with Crippen LogP contribution < -0.4 is 0 Å². The van der Waals surface area contributed by atoms with Crippen molar-refractivity contribution < 1.29 is 19.8 Å². The first-order valence-corrected chi connectivity index (χ1v) is 6.44. The van der Waals surface area contributed by atoms with Gasteiger partial charge in [-0.15, -0.1) is 0 Å². The molecule has 1 aliphatic heterocycles. The first kappa shape index (κ1) is 12.3. The van der Waals surface area contributed by atoms with Crippen LogP contribution in [-0.4, -0.2) is 45.2 Å². The third-order valence-corrected chi connectivity index (χ3v) is 3.95. The van der Waals surface area contributed by atoms with Gasteiger partial charge >= 0.3 is 0 Å². The van der Waals surface area contributed by atoms with Crippen molar-refractivity contribution in [2.75, 3.05) is 0 Å². The standard InChI is InChI=1S/C14H15NO4/c16-11-7-3-6-10(12(11)17)15-13(18)8-4-1-2-5-9(8)14(15)19/h1-2,4-5,10-12,16-17H,3,6-7H2/t10-,11-,12+/m0/s1. The number of benzene rings is 1. The number of aliphatic hydroxyl groups excluding tert-OH is 2. The van der Waals surface area contributed by atoms with Crippen molar-refractivity contribution in [3.05, 3.63) is 35.4 Å². The monoisotopic (exact) mass is 261 g/mol. The first-order chi connectivity index (χ1) is 9.11. The Kier molecular flexibility index (Phi) is 2.88. The molecule has 5 nitrogen and oxygen atoms in total. The average Bonchev–Trinajstić information content (AvgIpc) is 2.67. The maximum Gasteiger partial charge on any atom is 0.261 e. The van der Waals surface area contributed by atoms with Gasteiger partial charge in [0.2, 0.25) is 0 Å². The van der Waals surface area contributed by atoms with Gasteiger partial charge in [-0.2, -0.15) is 0 Å². The lowest BCUT2D eigenvalue weighted by Crippen LogP contribution is -2.53. The summed E-state index contributed by atoms with van der Waals surface area (Å²) in [5.74, 6) is -0.752. The minimum atomic E-state index is -1.06. The van der Waals surface area contributed by atoms with Gasteiger partial charge in [0.05, 0.1) is 23.3 Å². The number of imide groups is 1. The fraction of sp³-hybridized carbons (Fsp3) is 0.429. The second kappa shape index (κ2) is 4.43. The first-order valence-electron chi connectivity index (χ1n) is 6.44. The van der Waals surface area contributed by atoms with E-state index in [4.69, 9.17) is 0 Å². The Bertz CT molecular complexity index is 507. The van der Waals surface area contributed by atoms with E-state index in [1.165, 1.54) is 0 Å². The molecule has 100 valence electrons. The summed E-state index contributed by atoms with van der Waals surface area (Å²) < 4.78 is 0. The fourth-order valence-corrected chi connectivity index (χ4v) is 2.92. The summed E-state index contributed by atoms with van der Waals surface area (Å²) in [4.78, 5) is 25.7. The predicted octanol–water partition coefficient (Wildman–Crippen LogP) is 0.557. The van der Waals surface area contributed by atoms with Crippen molar-refractivity contribution in [2.24, 2.45) is 0 Å². The molecule has 0 aromatic heterocycles. The van der Waals surface area contributed by atoms with Crippen molar-refractivity contribution in [1.29, 1.82) is 0 Å². The van der Waals surface area contributed by atoms with Crippen LogP contribution in [0.25, 0.3) is 0 Å².